The molecule has 5 nitrogen and oxygen atoms in total. The summed E-state index contributed by atoms with van der Waals surface area (Å²) in [6, 6.07) is 0. The molecule has 1 saturated heterocycles. The third kappa shape index (κ3) is 14.4. The number of carboxylic acid groups (broad SMARTS) is 2. The van der Waals surface area contributed by atoms with E-state index >= 15 is 0 Å². The Morgan fingerprint density at radius 2 is 1.57 bits per heavy atom. The second-order valence-corrected chi connectivity index (χ2v) is 2.58. The van der Waals surface area contributed by atoms with Crippen LogP contribution in [0, 0.1) is 6.42 Å². The number of aliphatic carboxylic acids is 2. The maximum Gasteiger partial charge on any atom is 1.00 e. The van der Waals surface area contributed by atoms with Gasteiger partial charge >= 0.3 is 41.5 Å². The molecule has 0 radical (unpaired) electrons. The first kappa shape index (κ1) is 16.3. The maximum absolute atomic E-state index is 9.43. The minimum absolute atomic E-state index is 0. The predicted molar refractivity (Wildman–Crippen MR) is 46.3 cm³/mol. The summed E-state index contributed by atoms with van der Waals surface area (Å²) in [7, 11) is 0. The zero-order valence-electron chi connectivity index (χ0n) is 8.32. The Kier molecular flexibility index (Phi) is 12.8. The summed E-state index contributed by atoms with van der Waals surface area (Å²) in [5.41, 5.74) is 0. The summed E-state index contributed by atoms with van der Waals surface area (Å²) in [5.74, 6) is -2.62. The fourth-order valence-corrected chi connectivity index (χ4v) is 0.807. The smallest absolute Gasteiger partial charge is 0.481 e. The zero-order valence-corrected chi connectivity index (χ0v) is 10.3. The average Bonchev–Trinajstić information content (AvgIpc) is 2.06. The Hall–Kier alpha value is -0.100. The molecule has 0 spiro atoms. The standard InChI is InChI=1S/C5H10N.C3H4O4.Na/c1-2-4-6-5-3-1;4-2(5)1-3(6)7;/h1,6H,2-5H2;1H2,(H,4,5)(H,6,7);/q-1;;+1. The number of carbonyl (C=O) groups is 2. The molecule has 1 heterocycles. The maximum atomic E-state index is 9.43. The van der Waals surface area contributed by atoms with Gasteiger partial charge in [-0.2, -0.15) is 12.8 Å². The molecule has 0 saturated carbocycles. The molecule has 0 unspecified atom stereocenters. The molecule has 1 aliphatic heterocycles. The van der Waals surface area contributed by atoms with Crippen molar-refractivity contribution in [3.8, 4) is 0 Å². The largest absolute Gasteiger partial charge is 1.00 e. The number of hydrogen-bond acceptors (Lipinski definition) is 3. The van der Waals surface area contributed by atoms with E-state index in [1.807, 2.05) is 0 Å². The van der Waals surface area contributed by atoms with Crippen LogP contribution in [0.1, 0.15) is 19.3 Å². The van der Waals surface area contributed by atoms with Crippen molar-refractivity contribution in [1.29, 1.82) is 0 Å². The van der Waals surface area contributed by atoms with E-state index in [9.17, 15) is 9.59 Å². The van der Waals surface area contributed by atoms with Gasteiger partial charge in [-0.05, 0) is 13.1 Å². The third-order valence-electron chi connectivity index (χ3n) is 1.35. The van der Waals surface area contributed by atoms with Gasteiger partial charge in [0.05, 0.1) is 0 Å². The van der Waals surface area contributed by atoms with Gasteiger partial charge in [0.1, 0.15) is 6.42 Å². The Morgan fingerprint density at radius 1 is 1.14 bits per heavy atom. The third-order valence-corrected chi connectivity index (χ3v) is 1.35. The molecule has 0 aromatic heterocycles. The van der Waals surface area contributed by atoms with Crippen molar-refractivity contribution < 1.29 is 49.4 Å². The van der Waals surface area contributed by atoms with Gasteiger partial charge in [0.2, 0.25) is 0 Å². The Morgan fingerprint density at radius 3 is 1.64 bits per heavy atom. The fourth-order valence-electron chi connectivity index (χ4n) is 0.807. The van der Waals surface area contributed by atoms with Crippen molar-refractivity contribution in [2.45, 2.75) is 19.3 Å². The minimum Gasteiger partial charge on any atom is -0.481 e. The van der Waals surface area contributed by atoms with E-state index in [4.69, 9.17) is 10.2 Å². The van der Waals surface area contributed by atoms with E-state index in [0.717, 1.165) is 0 Å². The molecule has 1 fully saturated rings. The van der Waals surface area contributed by atoms with Gasteiger partial charge in [0, 0.05) is 0 Å². The summed E-state index contributed by atoms with van der Waals surface area (Å²) in [5, 5.41) is 18.7. The van der Waals surface area contributed by atoms with Crippen LogP contribution in [-0.4, -0.2) is 35.2 Å². The van der Waals surface area contributed by atoms with Crippen LogP contribution in [0.5, 0.6) is 0 Å². The van der Waals surface area contributed by atoms with Crippen molar-refractivity contribution in [1.82, 2.24) is 5.32 Å². The number of nitrogens with one attached hydrogen (secondary N) is 1. The van der Waals surface area contributed by atoms with Gasteiger partial charge in [-0.3, -0.25) is 9.59 Å². The zero-order chi connectivity index (χ0) is 10.1. The fraction of sp³-hybridized carbons (Fsp3) is 0.625. The first-order valence-electron chi connectivity index (χ1n) is 4.09. The summed E-state index contributed by atoms with van der Waals surface area (Å²) in [4.78, 5) is 18.9. The number of hydrogen-bond donors (Lipinski definition) is 3. The molecule has 1 aliphatic rings. The summed E-state index contributed by atoms with van der Waals surface area (Å²) < 4.78 is 0. The van der Waals surface area contributed by atoms with E-state index in [-0.39, 0.29) is 29.6 Å². The topological polar surface area (TPSA) is 86.6 Å². The summed E-state index contributed by atoms with van der Waals surface area (Å²) in [6.45, 7) is 2.39. The second kappa shape index (κ2) is 11.0. The van der Waals surface area contributed by atoms with Crippen LogP contribution in [0.2, 0.25) is 0 Å². The van der Waals surface area contributed by atoms with Crippen molar-refractivity contribution in [2.24, 2.45) is 0 Å². The minimum atomic E-state index is -1.31. The molecule has 1 rings (SSSR count). The molecule has 76 valence electrons. The van der Waals surface area contributed by atoms with Gasteiger partial charge in [-0.1, -0.05) is 0 Å². The van der Waals surface area contributed by atoms with Gasteiger partial charge in [0.25, 0.3) is 0 Å². The average molecular weight is 211 g/mol. The van der Waals surface area contributed by atoms with Crippen LogP contribution in [-0.2, 0) is 9.59 Å². The molecule has 0 atom stereocenters. The second-order valence-electron chi connectivity index (χ2n) is 2.58. The Labute approximate surface area is 105 Å². The van der Waals surface area contributed by atoms with Crippen molar-refractivity contribution in [2.75, 3.05) is 13.1 Å². The molecular weight excluding hydrogens is 197 g/mol. The van der Waals surface area contributed by atoms with Crippen LogP contribution >= 0.6 is 0 Å². The molecular formula is C8H14NNaO4. The van der Waals surface area contributed by atoms with Crippen LogP contribution in [0.15, 0.2) is 0 Å². The van der Waals surface area contributed by atoms with E-state index in [1.54, 1.807) is 0 Å². The molecule has 6 heteroatoms. The predicted octanol–water partition coefficient (Wildman–Crippen LogP) is -2.88. The molecule has 0 aromatic carbocycles. The van der Waals surface area contributed by atoms with E-state index in [2.05, 4.69) is 11.7 Å². The first-order chi connectivity index (χ1) is 6.13. The van der Waals surface area contributed by atoms with E-state index in [1.165, 1.54) is 25.9 Å². The Balaban J connectivity index is 0. The molecule has 0 amide bonds. The Bertz CT molecular complexity index is 147. The van der Waals surface area contributed by atoms with Crippen LogP contribution < -0.4 is 34.9 Å². The normalized spacial score (nSPS) is 14.3. The number of rotatable bonds is 2. The van der Waals surface area contributed by atoms with E-state index < -0.39 is 18.4 Å². The SMILES string of the molecule is O=C(O)CC(=O)O.[CH-]1CCNCC1.[Na+]. The van der Waals surface area contributed by atoms with Crippen LogP contribution in [0.3, 0.4) is 0 Å². The van der Waals surface area contributed by atoms with Crippen molar-refractivity contribution in [3.05, 3.63) is 6.42 Å². The van der Waals surface area contributed by atoms with Gasteiger partial charge in [-0.25, -0.2) is 0 Å². The molecule has 0 aromatic rings. The number of piperidine rings is 1. The monoisotopic (exact) mass is 211 g/mol. The molecule has 3 N–H and O–H groups in total. The van der Waals surface area contributed by atoms with Gasteiger partial charge in [0.15, 0.2) is 0 Å². The molecule has 0 bridgehead atoms. The summed E-state index contributed by atoms with van der Waals surface area (Å²) in [6.07, 6.45) is 4.05. The van der Waals surface area contributed by atoms with Crippen molar-refractivity contribution >= 4 is 11.9 Å². The van der Waals surface area contributed by atoms with Gasteiger partial charge in [-0.15, -0.1) is 0 Å². The number of carboxylic acids is 2. The van der Waals surface area contributed by atoms with Crippen LogP contribution in [0.25, 0.3) is 0 Å². The van der Waals surface area contributed by atoms with E-state index in [0.29, 0.717) is 0 Å². The van der Waals surface area contributed by atoms with Crippen LogP contribution in [0.4, 0.5) is 0 Å². The first-order valence-corrected chi connectivity index (χ1v) is 4.09. The molecule has 14 heavy (non-hydrogen) atoms. The summed E-state index contributed by atoms with van der Waals surface area (Å²) >= 11 is 0. The quantitative estimate of drug-likeness (QED) is 0.259. The van der Waals surface area contributed by atoms with Crippen molar-refractivity contribution in [3.63, 3.8) is 0 Å². The van der Waals surface area contributed by atoms with Gasteiger partial charge < -0.3 is 22.0 Å². The molecule has 0 aliphatic carbocycles.